The maximum atomic E-state index is 13.3. The van der Waals surface area contributed by atoms with Gasteiger partial charge in [-0.1, -0.05) is 44.2 Å². The largest absolute Gasteiger partial charge is 0.490 e. The molecule has 1 heterocycles. The van der Waals surface area contributed by atoms with Crippen LogP contribution in [0.5, 0.6) is 5.75 Å². The maximum absolute atomic E-state index is 13.3. The summed E-state index contributed by atoms with van der Waals surface area (Å²) in [7, 11) is 1.31. The predicted molar refractivity (Wildman–Crippen MR) is 128 cm³/mol. The molecule has 0 spiro atoms. The van der Waals surface area contributed by atoms with Crippen molar-refractivity contribution in [2.24, 2.45) is 5.92 Å². The molecule has 184 valence electrons. The van der Waals surface area contributed by atoms with Gasteiger partial charge in [-0.25, -0.2) is 4.79 Å². The molecule has 0 aliphatic carbocycles. The van der Waals surface area contributed by atoms with E-state index in [0.717, 1.165) is 5.56 Å². The molecule has 1 saturated heterocycles. The number of carbonyl (C=O) groups is 2. The average Bonchev–Trinajstić information content (AvgIpc) is 2.84. The van der Waals surface area contributed by atoms with E-state index in [2.05, 4.69) is 10.7 Å². The highest BCUT2D eigenvalue weighted by molar-refractivity contribution is 5.88. The summed E-state index contributed by atoms with van der Waals surface area (Å²) in [4.78, 5) is 51.9. The second-order valence-corrected chi connectivity index (χ2v) is 8.63. The summed E-state index contributed by atoms with van der Waals surface area (Å²) < 4.78 is 10.4. The highest BCUT2D eigenvalue weighted by atomic mass is 16.5. The molecule has 1 aliphatic heterocycles. The summed E-state index contributed by atoms with van der Waals surface area (Å²) in [5.74, 6) is -0.436. The van der Waals surface area contributed by atoms with Crippen LogP contribution in [0, 0.1) is 5.92 Å². The standard InChI is InChI=1S/C24H32N4O6/c1-16(2)15-18(25-24(32)27-11-13-34-14-12-27)23(31)26-28(10-9-17-7-5-4-6-8-17)19-20(29)21(30)22(19)33-3/h4-8,16,18H,9-15H2,1-3H3,(H,25,32)(H,26,31)/t18-/m0/s1. The molecule has 0 saturated carbocycles. The SMILES string of the molecule is COc1c(N(CCc2ccccc2)NC(=O)[C@H](CC(C)C)NC(=O)N2CCOCC2)c(=O)c1=O. The monoisotopic (exact) mass is 472 g/mol. The average molecular weight is 473 g/mol. The predicted octanol–water partition coefficient (Wildman–Crippen LogP) is 0.828. The van der Waals surface area contributed by atoms with Gasteiger partial charge in [0.05, 0.1) is 20.3 Å². The van der Waals surface area contributed by atoms with Gasteiger partial charge in [-0.05, 0) is 24.3 Å². The number of carbonyl (C=O) groups excluding carboxylic acids is 2. The maximum Gasteiger partial charge on any atom is 0.318 e. The summed E-state index contributed by atoms with van der Waals surface area (Å²) >= 11 is 0. The molecule has 0 unspecified atom stereocenters. The number of morpholine rings is 1. The van der Waals surface area contributed by atoms with E-state index in [0.29, 0.717) is 39.1 Å². The third kappa shape index (κ3) is 6.13. The van der Waals surface area contributed by atoms with E-state index in [1.54, 1.807) is 4.90 Å². The third-order valence-electron chi connectivity index (χ3n) is 5.65. The lowest BCUT2D eigenvalue weighted by Gasteiger charge is -2.32. The van der Waals surface area contributed by atoms with Gasteiger partial charge in [0.25, 0.3) is 16.8 Å². The van der Waals surface area contributed by atoms with Crippen molar-refractivity contribution < 1.29 is 19.1 Å². The van der Waals surface area contributed by atoms with Crippen molar-refractivity contribution in [1.29, 1.82) is 0 Å². The van der Waals surface area contributed by atoms with Crippen LogP contribution < -0.4 is 31.3 Å². The van der Waals surface area contributed by atoms with Gasteiger partial charge in [-0.2, -0.15) is 0 Å². The minimum atomic E-state index is -0.827. The number of anilines is 1. The third-order valence-corrected chi connectivity index (χ3v) is 5.65. The van der Waals surface area contributed by atoms with Crippen molar-refractivity contribution >= 4 is 17.6 Å². The molecule has 3 amide bonds. The van der Waals surface area contributed by atoms with Crippen molar-refractivity contribution in [3.05, 3.63) is 56.3 Å². The molecule has 2 aromatic carbocycles. The normalized spacial score (nSPS) is 14.6. The lowest BCUT2D eigenvalue weighted by molar-refractivity contribution is -0.123. The molecule has 10 nitrogen and oxygen atoms in total. The van der Waals surface area contributed by atoms with Crippen molar-refractivity contribution in [2.45, 2.75) is 32.7 Å². The number of nitrogens with one attached hydrogen (secondary N) is 2. The van der Waals surface area contributed by atoms with Crippen molar-refractivity contribution in [2.75, 3.05) is 45.0 Å². The summed E-state index contributed by atoms with van der Waals surface area (Å²) in [6.07, 6.45) is 0.912. The Bertz CT molecular complexity index is 1040. The number of hydrogen-bond acceptors (Lipinski definition) is 7. The fraction of sp³-hybridized carbons (Fsp3) is 0.500. The van der Waals surface area contributed by atoms with Crippen LogP contribution in [-0.2, 0) is 16.0 Å². The number of urea groups is 1. The number of ether oxygens (including phenoxy) is 2. The van der Waals surface area contributed by atoms with Crippen LogP contribution in [0.2, 0.25) is 0 Å². The van der Waals surface area contributed by atoms with Gasteiger partial charge in [-0.3, -0.25) is 24.8 Å². The van der Waals surface area contributed by atoms with E-state index in [9.17, 15) is 19.2 Å². The Labute approximate surface area is 198 Å². The molecule has 0 radical (unpaired) electrons. The molecular formula is C24H32N4O6. The highest BCUT2D eigenvalue weighted by Gasteiger charge is 2.31. The van der Waals surface area contributed by atoms with E-state index < -0.39 is 22.8 Å². The zero-order valence-electron chi connectivity index (χ0n) is 19.8. The first kappa shape index (κ1) is 25.2. The Kier molecular flexibility index (Phi) is 8.64. The number of hydrazine groups is 1. The lowest BCUT2D eigenvalue weighted by atomic mass is 10.0. The number of benzene rings is 1. The van der Waals surface area contributed by atoms with Crippen molar-refractivity contribution in [1.82, 2.24) is 15.6 Å². The van der Waals surface area contributed by atoms with Crippen LogP contribution in [-0.4, -0.2) is 62.8 Å². The van der Waals surface area contributed by atoms with Gasteiger partial charge < -0.3 is 19.7 Å². The van der Waals surface area contributed by atoms with Gasteiger partial charge in [0.1, 0.15) is 6.04 Å². The molecule has 1 fully saturated rings. The van der Waals surface area contributed by atoms with Crippen molar-refractivity contribution in [3.8, 4) is 5.75 Å². The molecule has 0 bridgehead atoms. The highest BCUT2D eigenvalue weighted by Crippen LogP contribution is 2.21. The molecule has 10 heteroatoms. The van der Waals surface area contributed by atoms with Gasteiger partial charge in [0, 0.05) is 19.6 Å². The van der Waals surface area contributed by atoms with Crippen molar-refractivity contribution in [3.63, 3.8) is 0 Å². The number of methoxy groups -OCH3 is 1. The van der Waals surface area contributed by atoms with E-state index in [4.69, 9.17) is 9.47 Å². The van der Waals surface area contributed by atoms with Crippen LogP contribution in [0.4, 0.5) is 10.5 Å². The molecule has 3 rings (SSSR count). The molecule has 2 N–H and O–H groups in total. The molecule has 2 aromatic rings. The van der Waals surface area contributed by atoms with E-state index in [-0.39, 0.29) is 29.9 Å². The van der Waals surface area contributed by atoms with Crippen LogP contribution in [0.15, 0.2) is 39.9 Å². The summed E-state index contributed by atoms with van der Waals surface area (Å²) in [5.41, 5.74) is 2.31. The van der Waals surface area contributed by atoms with Gasteiger partial charge in [0.15, 0.2) is 11.4 Å². The Hall–Kier alpha value is -3.40. The molecule has 1 aliphatic rings. The Morgan fingerprint density at radius 3 is 2.41 bits per heavy atom. The quantitative estimate of drug-likeness (QED) is 0.389. The van der Waals surface area contributed by atoms with Crippen LogP contribution in [0.3, 0.4) is 0 Å². The van der Waals surface area contributed by atoms with Gasteiger partial charge >= 0.3 is 6.03 Å². The number of hydrogen-bond donors (Lipinski definition) is 2. The second-order valence-electron chi connectivity index (χ2n) is 8.63. The van der Waals surface area contributed by atoms with Crippen LogP contribution in [0.25, 0.3) is 0 Å². The second kappa shape index (κ2) is 11.6. The topological polar surface area (TPSA) is 117 Å². The first-order valence-corrected chi connectivity index (χ1v) is 11.4. The minimum absolute atomic E-state index is 0.0135. The minimum Gasteiger partial charge on any atom is -0.490 e. The first-order chi connectivity index (χ1) is 16.3. The number of nitrogens with zero attached hydrogens (tertiary/aromatic N) is 2. The van der Waals surface area contributed by atoms with Crippen LogP contribution >= 0.6 is 0 Å². The zero-order valence-corrected chi connectivity index (χ0v) is 19.8. The molecule has 34 heavy (non-hydrogen) atoms. The van der Waals surface area contributed by atoms with E-state index in [1.165, 1.54) is 12.1 Å². The number of rotatable bonds is 10. The molecule has 0 aromatic heterocycles. The number of amides is 3. The fourth-order valence-corrected chi connectivity index (χ4v) is 3.82. The van der Waals surface area contributed by atoms with Crippen LogP contribution in [0.1, 0.15) is 25.8 Å². The molecule has 1 atom stereocenters. The summed E-state index contributed by atoms with van der Waals surface area (Å²) in [6.45, 7) is 5.94. The lowest BCUT2D eigenvalue weighted by Crippen LogP contribution is -2.58. The smallest absolute Gasteiger partial charge is 0.318 e. The Morgan fingerprint density at radius 2 is 1.79 bits per heavy atom. The Balaban J connectivity index is 1.77. The summed E-state index contributed by atoms with van der Waals surface area (Å²) in [6, 6.07) is 8.40. The zero-order chi connectivity index (χ0) is 24.7. The van der Waals surface area contributed by atoms with Gasteiger partial charge in [-0.15, -0.1) is 0 Å². The Morgan fingerprint density at radius 1 is 1.12 bits per heavy atom. The molecular weight excluding hydrogens is 440 g/mol. The summed E-state index contributed by atoms with van der Waals surface area (Å²) in [5, 5.41) is 4.16. The fourth-order valence-electron chi connectivity index (χ4n) is 3.82. The first-order valence-electron chi connectivity index (χ1n) is 11.4. The van der Waals surface area contributed by atoms with E-state index in [1.807, 2.05) is 44.2 Å². The van der Waals surface area contributed by atoms with E-state index >= 15 is 0 Å². The van der Waals surface area contributed by atoms with Gasteiger partial charge in [0.2, 0.25) is 0 Å².